The minimum absolute atomic E-state index is 0.0577. The molecule has 2 aromatic rings. The molecule has 0 saturated carbocycles. The zero-order chi connectivity index (χ0) is 19.1. The van der Waals surface area contributed by atoms with E-state index in [1.54, 1.807) is 0 Å². The Balaban J connectivity index is 1.71. The molecule has 3 N–H and O–H groups in total. The van der Waals surface area contributed by atoms with E-state index >= 15 is 0 Å². The Bertz CT molecular complexity index is 803. The van der Waals surface area contributed by atoms with E-state index < -0.39 is 5.91 Å². The summed E-state index contributed by atoms with van der Waals surface area (Å²) >= 11 is 0. The molecule has 138 valence electrons. The van der Waals surface area contributed by atoms with Crippen molar-refractivity contribution < 1.29 is 14.3 Å². The summed E-state index contributed by atoms with van der Waals surface area (Å²) in [5.74, 6) is -0.154. The first kappa shape index (κ1) is 19.3. The first-order chi connectivity index (χ1) is 12.3. The summed E-state index contributed by atoms with van der Waals surface area (Å²) in [5.41, 5.74) is 10.0. The van der Waals surface area contributed by atoms with Crippen LogP contribution in [-0.4, -0.2) is 25.0 Å². The van der Waals surface area contributed by atoms with Crippen LogP contribution in [0.1, 0.15) is 22.3 Å². The normalized spacial score (nSPS) is 10.2. The van der Waals surface area contributed by atoms with Crippen molar-refractivity contribution in [3.63, 3.8) is 0 Å². The molecular formula is C20H25N3O3. The van der Waals surface area contributed by atoms with E-state index in [1.807, 2.05) is 64.1 Å². The molecule has 0 fully saturated rings. The Morgan fingerprint density at radius 3 is 2.27 bits per heavy atom. The second kappa shape index (κ2) is 8.89. The molecule has 26 heavy (non-hydrogen) atoms. The fraction of sp³-hybridized carbons (Fsp3) is 0.300. The van der Waals surface area contributed by atoms with E-state index in [-0.39, 0.29) is 19.1 Å². The summed E-state index contributed by atoms with van der Waals surface area (Å²) in [7, 11) is 0. The maximum absolute atomic E-state index is 11.8. The quantitative estimate of drug-likeness (QED) is 0.696. The van der Waals surface area contributed by atoms with E-state index in [2.05, 4.69) is 16.2 Å². The van der Waals surface area contributed by atoms with Gasteiger partial charge in [-0.1, -0.05) is 23.8 Å². The number of hydrogen-bond acceptors (Lipinski definition) is 4. The Morgan fingerprint density at radius 1 is 0.846 bits per heavy atom. The van der Waals surface area contributed by atoms with Gasteiger partial charge in [0.2, 0.25) is 0 Å². The lowest BCUT2D eigenvalue weighted by molar-refractivity contribution is -0.129. The largest absolute Gasteiger partial charge is 0.484 e. The molecule has 2 aromatic carbocycles. The monoisotopic (exact) mass is 355 g/mol. The summed E-state index contributed by atoms with van der Waals surface area (Å²) in [6.07, 6.45) is 0. The molecule has 0 aliphatic rings. The second-order valence-corrected chi connectivity index (χ2v) is 6.30. The van der Waals surface area contributed by atoms with Crippen molar-refractivity contribution >= 4 is 17.5 Å². The van der Waals surface area contributed by atoms with Crippen LogP contribution in [0, 0.1) is 27.7 Å². The lowest BCUT2D eigenvalue weighted by Crippen LogP contribution is -2.46. The SMILES string of the molecule is Cc1ccc(NCC(=O)NNC(=O)COc2ccc(C)c(C)c2)c(C)c1. The molecule has 2 amide bonds. The topological polar surface area (TPSA) is 79.5 Å². The summed E-state index contributed by atoms with van der Waals surface area (Å²) in [6.45, 7) is 7.85. The molecule has 0 aliphatic carbocycles. The predicted octanol–water partition coefficient (Wildman–Crippen LogP) is 2.56. The third-order valence-corrected chi connectivity index (χ3v) is 4.01. The number of hydrogen-bond donors (Lipinski definition) is 3. The number of anilines is 1. The number of aryl methyl sites for hydroxylation is 4. The fourth-order valence-corrected chi connectivity index (χ4v) is 2.36. The molecule has 0 aromatic heterocycles. The molecule has 2 rings (SSSR count). The van der Waals surface area contributed by atoms with Gasteiger partial charge in [-0.25, -0.2) is 0 Å². The van der Waals surface area contributed by atoms with Crippen LogP contribution in [0.5, 0.6) is 5.75 Å². The third kappa shape index (κ3) is 5.81. The van der Waals surface area contributed by atoms with Crippen LogP contribution in [0.25, 0.3) is 0 Å². The van der Waals surface area contributed by atoms with E-state index in [9.17, 15) is 9.59 Å². The van der Waals surface area contributed by atoms with Crippen molar-refractivity contribution in [1.82, 2.24) is 10.9 Å². The van der Waals surface area contributed by atoms with Gasteiger partial charge in [-0.2, -0.15) is 0 Å². The van der Waals surface area contributed by atoms with Crippen LogP contribution in [0.15, 0.2) is 36.4 Å². The van der Waals surface area contributed by atoms with Gasteiger partial charge in [0.15, 0.2) is 6.61 Å². The Kier molecular flexibility index (Phi) is 6.60. The van der Waals surface area contributed by atoms with Crippen LogP contribution in [0.3, 0.4) is 0 Å². The van der Waals surface area contributed by atoms with Gasteiger partial charge in [0, 0.05) is 5.69 Å². The van der Waals surface area contributed by atoms with Gasteiger partial charge in [0.1, 0.15) is 5.75 Å². The molecule has 0 spiro atoms. The molecule has 0 bridgehead atoms. The van der Waals surface area contributed by atoms with Gasteiger partial charge in [-0.3, -0.25) is 20.4 Å². The average Bonchev–Trinajstić information content (AvgIpc) is 2.60. The minimum Gasteiger partial charge on any atom is -0.484 e. The van der Waals surface area contributed by atoms with Gasteiger partial charge in [-0.05, 0) is 62.6 Å². The summed E-state index contributed by atoms with van der Waals surface area (Å²) < 4.78 is 5.41. The Labute approximate surface area is 153 Å². The fourth-order valence-electron chi connectivity index (χ4n) is 2.36. The molecule has 6 nitrogen and oxygen atoms in total. The number of amides is 2. The average molecular weight is 355 g/mol. The number of nitrogens with one attached hydrogen (secondary N) is 3. The van der Waals surface area contributed by atoms with Crippen LogP contribution < -0.4 is 20.9 Å². The zero-order valence-corrected chi connectivity index (χ0v) is 15.6. The first-order valence-electron chi connectivity index (χ1n) is 8.44. The third-order valence-electron chi connectivity index (χ3n) is 4.01. The molecule has 0 unspecified atom stereocenters. The van der Waals surface area contributed by atoms with Crippen molar-refractivity contribution in [2.75, 3.05) is 18.5 Å². The number of ether oxygens (including phenoxy) is 1. The molecule has 0 atom stereocenters. The number of carbonyl (C=O) groups excluding carboxylic acids is 2. The van der Waals surface area contributed by atoms with E-state index in [1.165, 1.54) is 0 Å². The lowest BCUT2D eigenvalue weighted by Gasteiger charge is -2.12. The van der Waals surface area contributed by atoms with Crippen LogP contribution in [0.2, 0.25) is 0 Å². The Morgan fingerprint density at radius 2 is 1.58 bits per heavy atom. The highest BCUT2D eigenvalue weighted by atomic mass is 16.5. The summed E-state index contributed by atoms with van der Waals surface area (Å²) in [6, 6.07) is 11.5. The highest BCUT2D eigenvalue weighted by Crippen LogP contribution is 2.16. The van der Waals surface area contributed by atoms with Gasteiger partial charge >= 0.3 is 0 Å². The summed E-state index contributed by atoms with van der Waals surface area (Å²) in [4.78, 5) is 23.6. The zero-order valence-electron chi connectivity index (χ0n) is 15.6. The molecular weight excluding hydrogens is 330 g/mol. The first-order valence-corrected chi connectivity index (χ1v) is 8.44. The van der Waals surface area contributed by atoms with Crippen molar-refractivity contribution in [3.05, 3.63) is 58.7 Å². The van der Waals surface area contributed by atoms with E-state index in [4.69, 9.17) is 4.74 Å². The van der Waals surface area contributed by atoms with Crippen molar-refractivity contribution in [2.24, 2.45) is 0 Å². The standard InChI is InChI=1S/C20H25N3O3/c1-13-5-8-18(16(4)9-13)21-11-19(24)22-23-20(25)12-26-17-7-6-14(2)15(3)10-17/h5-10,21H,11-12H2,1-4H3,(H,22,24)(H,23,25). The van der Waals surface area contributed by atoms with Gasteiger partial charge in [0.05, 0.1) is 6.54 Å². The van der Waals surface area contributed by atoms with Crippen molar-refractivity contribution in [3.8, 4) is 5.75 Å². The number of hydrazine groups is 1. The Hall–Kier alpha value is -3.02. The molecule has 0 saturated heterocycles. The maximum Gasteiger partial charge on any atom is 0.276 e. The molecule has 0 radical (unpaired) electrons. The maximum atomic E-state index is 11.8. The second-order valence-electron chi connectivity index (χ2n) is 6.30. The van der Waals surface area contributed by atoms with Crippen LogP contribution in [0.4, 0.5) is 5.69 Å². The minimum atomic E-state index is -0.428. The van der Waals surface area contributed by atoms with E-state index in [0.717, 1.165) is 27.9 Å². The van der Waals surface area contributed by atoms with Crippen LogP contribution in [-0.2, 0) is 9.59 Å². The highest BCUT2D eigenvalue weighted by molar-refractivity contribution is 5.85. The van der Waals surface area contributed by atoms with Gasteiger partial charge in [0.25, 0.3) is 11.8 Å². The smallest absolute Gasteiger partial charge is 0.276 e. The number of carbonyl (C=O) groups is 2. The summed E-state index contributed by atoms with van der Waals surface area (Å²) in [5, 5.41) is 3.04. The lowest BCUT2D eigenvalue weighted by atomic mass is 10.1. The number of benzene rings is 2. The molecule has 0 heterocycles. The van der Waals surface area contributed by atoms with Gasteiger partial charge < -0.3 is 10.1 Å². The predicted molar refractivity (Wildman–Crippen MR) is 102 cm³/mol. The molecule has 6 heteroatoms. The van der Waals surface area contributed by atoms with Crippen LogP contribution >= 0.6 is 0 Å². The van der Waals surface area contributed by atoms with Crippen molar-refractivity contribution in [2.45, 2.75) is 27.7 Å². The molecule has 0 aliphatic heterocycles. The van der Waals surface area contributed by atoms with E-state index in [0.29, 0.717) is 5.75 Å². The van der Waals surface area contributed by atoms with Crippen molar-refractivity contribution in [1.29, 1.82) is 0 Å². The highest BCUT2D eigenvalue weighted by Gasteiger charge is 2.07. The number of rotatable bonds is 6. The van der Waals surface area contributed by atoms with Gasteiger partial charge in [-0.15, -0.1) is 0 Å².